The molecular weight excluding hydrogens is 458 g/mol. The van der Waals surface area contributed by atoms with E-state index in [-0.39, 0.29) is 41.8 Å². The summed E-state index contributed by atoms with van der Waals surface area (Å²) in [6.45, 7) is 3.79. The first-order valence-corrected chi connectivity index (χ1v) is 11.4. The zero-order valence-electron chi connectivity index (χ0n) is 17.6. The standard InChI is InChI=1S/C25H30NO4.BrH/c1-4-10-18(11-5-1)24-27-16-20-22(29-24)23-21(26(20)14-8-3-9-15-26)17-28-25(30-23)19-12-6-2-7-13-19;/h1-2,4-7,10-13,20-25H,3,8-9,14-17H2;1H/q+1;/p-1/t20-,21-,22+,23+,24?,25?;/m0./s1. The zero-order valence-corrected chi connectivity index (χ0v) is 19.2. The summed E-state index contributed by atoms with van der Waals surface area (Å²) in [5.41, 5.74) is 2.16. The fraction of sp³-hybridized carbons (Fsp3) is 0.520. The molecule has 2 aromatic rings. The number of hydrogen-bond acceptors (Lipinski definition) is 4. The Morgan fingerprint density at radius 2 is 1.06 bits per heavy atom. The van der Waals surface area contributed by atoms with Crippen molar-refractivity contribution in [2.75, 3.05) is 26.3 Å². The lowest BCUT2D eigenvalue weighted by Gasteiger charge is -2.49. The number of fused-ring (bicyclic) bond motifs is 5. The fourth-order valence-corrected chi connectivity index (χ4v) is 6.16. The fourth-order valence-electron chi connectivity index (χ4n) is 6.16. The second kappa shape index (κ2) is 8.93. The lowest BCUT2D eigenvalue weighted by atomic mass is 10.0. The minimum absolute atomic E-state index is 0. The summed E-state index contributed by atoms with van der Waals surface area (Å²) >= 11 is 0. The molecule has 5 nitrogen and oxygen atoms in total. The normalized spacial score (nSPS) is 36.3. The van der Waals surface area contributed by atoms with Gasteiger partial charge in [-0.3, -0.25) is 0 Å². The van der Waals surface area contributed by atoms with Gasteiger partial charge in [-0.15, -0.1) is 0 Å². The van der Waals surface area contributed by atoms with Crippen LogP contribution in [0.5, 0.6) is 0 Å². The summed E-state index contributed by atoms with van der Waals surface area (Å²) in [7, 11) is 0. The van der Waals surface area contributed by atoms with E-state index in [4.69, 9.17) is 18.9 Å². The molecule has 6 rings (SSSR count). The molecule has 0 saturated carbocycles. The van der Waals surface area contributed by atoms with Gasteiger partial charge < -0.3 is 40.4 Å². The predicted octanol–water partition coefficient (Wildman–Crippen LogP) is 0.970. The molecule has 4 aliphatic rings. The van der Waals surface area contributed by atoms with E-state index in [1.165, 1.54) is 32.4 Å². The molecule has 4 aliphatic heterocycles. The van der Waals surface area contributed by atoms with Crippen LogP contribution < -0.4 is 17.0 Å². The number of rotatable bonds is 2. The second-order valence-electron chi connectivity index (χ2n) is 9.10. The van der Waals surface area contributed by atoms with Crippen LogP contribution in [0.1, 0.15) is 43.0 Å². The number of ether oxygens (including phenoxy) is 4. The van der Waals surface area contributed by atoms with E-state index in [9.17, 15) is 0 Å². The molecule has 166 valence electrons. The third kappa shape index (κ3) is 3.67. The molecule has 6 heteroatoms. The van der Waals surface area contributed by atoms with Crippen molar-refractivity contribution in [1.29, 1.82) is 0 Å². The molecule has 4 saturated heterocycles. The van der Waals surface area contributed by atoms with Gasteiger partial charge in [-0.2, -0.15) is 0 Å². The van der Waals surface area contributed by atoms with Crippen LogP contribution >= 0.6 is 0 Å². The minimum atomic E-state index is -0.322. The lowest BCUT2D eigenvalue weighted by Crippen LogP contribution is -3.00. The molecule has 31 heavy (non-hydrogen) atoms. The van der Waals surface area contributed by atoms with Crippen molar-refractivity contribution in [2.45, 2.75) is 56.1 Å². The molecule has 4 heterocycles. The highest BCUT2D eigenvalue weighted by atomic mass is 79.9. The van der Waals surface area contributed by atoms with Crippen molar-refractivity contribution in [3.05, 3.63) is 71.8 Å². The summed E-state index contributed by atoms with van der Waals surface area (Å²) in [6.07, 6.45) is 3.25. The maximum atomic E-state index is 6.66. The number of nitrogens with zero attached hydrogens (tertiary/aromatic N) is 1. The van der Waals surface area contributed by atoms with Crippen LogP contribution in [0.2, 0.25) is 0 Å². The van der Waals surface area contributed by atoms with Gasteiger partial charge in [-0.25, -0.2) is 0 Å². The van der Waals surface area contributed by atoms with Gasteiger partial charge in [0.05, 0.1) is 13.1 Å². The summed E-state index contributed by atoms with van der Waals surface area (Å²) in [5, 5.41) is 0. The third-order valence-electron chi connectivity index (χ3n) is 7.59. The van der Waals surface area contributed by atoms with Crippen molar-refractivity contribution >= 4 is 0 Å². The maximum Gasteiger partial charge on any atom is 0.184 e. The van der Waals surface area contributed by atoms with Gasteiger partial charge in [-0.05, 0) is 19.3 Å². The van der Waals surface area contributed by atoms with Crippen LogP contribution in [0.3, 0.4) is 0 Å². The molecule has 2 aromatic carbocycles. The first kappa shape index (κ1) is 21.6. The highest BCUT2D eigenvalue weighted by Gasteiger charge is 2.66. The Balaban J connectivity index is 0.00000204. The van der Waals surface area contributed by atoms with Gasteiger partial charge in [0.1, 0.15) is 37.5 Å². The lowest BCUT2D eigenvalue weighted by molar-refractivity contribution is -0.970. The molecule has 4 fully saturated rings. The van der Waals surface area contributed by atoms with Gasteiger partial charge in [0.2, 0.25) is 0 Å². The molecule has 1 spiro atoms. The number of halogens is 1. The minimum Gasteiger partial charge on any atom is -1.00 e. The molecule has 0 bridgehead atoms. The summed E-state index contributed by atoms with van der Waals surface area (Å²) in [6, 6.07) is 21.2. The van der Waals surface area contributed by atoms with Crippen LogP contribution in [0, 0.1) is 0 Å². The highest BCUT2D eigenvalue weighted by Crippen LogP contribution is 2.48. The van der Waals surface area contributed by atoms with Gasteiger partial charge in [0, 0.05) is 11.1 Å². The number of piperidine rings is 1. The molecule has 6 atom stereocenters. The summed E-state index contributed by atoms with van der Waals surface area (Å²) in [4.78, 5) is 0. The number of quaternary nitrogens is 1. The van der Waals surface area contributed by atoms with Crippen molar-refractivity contribution in [3.8, 4) is 0 Å². The Kier molecular flexibility index (Phi) is 6.21. The Morgan fingerprint density at radius 1 is 0.613 bits per heavy atom. The average molecular weight is 488 g/mol. The van der Waals surface area contributed by atoms with Crippen molar-refractivity contribution in [3.63, 3.8) is 0 Å². The van der Waals surface area contributed by atoms with Gasteiger partial charge in [0.25, 0.3) is 0 Å². The second-order valence-corrected chi connectivity index (χ2v) is 9.10. The monoisotopic (exact) mass is 487 g/mol. The van der Waals surface area contributed by atoms with Crippen LogP contribution in [0.25, 0.3) is 0 Å². The quantitative estimate of drug-likeness (QED) is 0.591. The SMILES string of the molecule is [Br-].c1ccc(C2OC[C@H]3[C@@H](O2)[C@@H]2OC(c4ccccc4)OC[C@@H]2[N+]32CCCCC2)cc1. The molecule has 0 aliphatic carbocycles. The van der Waals surface area contributed by atoms with E-state index >= 15 is 0 Å². The highest BCUT2D eigenvalue weighted by molar-refractivity contribution is 5.18. The van der Waals surface area contributed by atoms with Crippen LogP contribution in [-0.2, 0) is 18.9 Å². The zero-order chi connectivity index (χ0) is 20.0. The Labute approximate surface area is 194 Å². The van der Waals surface area contributed by atoms with Gasteiger partial charge >= 0.3 is 0 Å². The van der Waals surface area contributed by atoms with E-state index in [1.807, 2.05) is 36.4 Å². The van der Waals surface area contributed by atoms with E-state index in [0.29, 0.717) is 12.1 Å². The predicted molar refractivity (Wildman–Crippen MR) is 111 cm³/mol. The largest absolute Gasteiger partial charge is 1.00 e. The maximum absolute atomic E-state index is 6.66. The molecule has 0 amide bonds. The van der Waals surface area contributed by atoms with Crippen molar-refractivity contribution in [1.82, 2.24) is 0 Å². The van der Waals surface area contributed by atoms with Gasteiger partial charge in [0.15, 0.2) is 12.6 Å². The van der Waals surface area contributed by atoms with Crippen LogP contribution in [0.4, 0.5) is 0 Å². The Hall–Kier alpha value is -1.28. The smallest absolute Gasteiger partial charge is 0.184 e. The third-order valence-corrected chi connectivity index (χ3v) is 7.59. The Morgan fingerprint density at radius 3 is 1.52 bits per heavy atom. The molecule has 2 unspecified atom stereocenters. The first-order valence-electron chi connectivity index (χ1n) is 11.4. The summed E-state index contributed by atoms with van der Waals surface area (Å²) in [5.74, 6) is 0. The summed E-state index contributed by atoms with van der Waals surface area (Å²) < 4.78 is 26.9. The van der Waals surface area contributed by atoms with E-state index in [0.717, 1.165) is 28.8 Å². The van der Waals surface area contributed by atoms with E-state index in [1.54, 1.807) is 0 Å². The number of hydrogen-bond donors (Lipinski definition) is 0. The molecular formula is C25H30BrNO4. The molecule has 0 N–H and O–H groups in total. The van der Waals surface area contributed by atoms with Crippen LogP contribution in [0.15, 0.2) is 60.7 Å². The average Bonchev–Trinajstić information content (AvgIpc) is 3.09. The van der Waals surface area contributed by atoms with Crippen LogP contribution in [-0.4, -0.2) is 55.1 Å². The topological polar surface area (TPSA) is 36.9 Å². The van der Waals surface area contributed by atoms with E-state index in [2.05, 4.69) is 24.3 Å². The Bertz CT molecular complexity index is 795. The van der Waals surface area contributed by atoms with Gasteiger partial charge in [-0.1, -0.05) is 60.7 Å². The van der Waals surface area contributed by atoms with Crippen molar-refractivity contribution in [2.24, 2.45) is 0 Å². The molecule has 0 aromatic heterocycles. The molecule has 0 radical (unpaired) electrons. The van der Waals surface area contributed by atoms with Crippen molar-refractivity contribution < 1.29 is 40.4 Å². The van der Waals surface area contributed by atoms with E-state index < -0.39 is 0 Å². The first-order chi connectivity index (χ1) is 14.9. The number of benzene rings is 2.